The summed E-state index contributed by atoms with van der Waals surface area (Å²) in [7, 11) is 0. The summed E-state index contributed by atoms with van der Waals surface area (Å²) in [6, 6.07) is 53.3. The van der Waals surface area contributed by atoms with E-state index in [0.29, 0.717) is 0 Å². The molecule has 176 valence electrons. The minimum Gasteiger partial charge on any atom is -0.0622 e. The molecule has 8 rings (SSSR count). The van der Waals surface area contributed by atoms with Crippen LogP contribution in [0.2, 0.25) is 0 Å². The summed E-state index contributed by atoms with van der Waals surface area (Å²) in [6.45, 7) is 0. The number of hydrogen-bond acceptors (Lipinski definition) is 0. The Morgan fingerprint density at radius 3 is 1.68 bits per heavy atom. The zero-order chi connectivity index (χ0) is 25.1. The van der Waals surface area contributed by atoms with Crippen LogP contribution >= 0.6 is 0 Å². The van der Waals surface area contributed by atoms with Gasteiger partial charge in [-0.3, -0.25) is 0 Å². The van der Waals surface area contributed by atoms with Crippen molar-refractivity contribution in [3.63, 3.8) is 0 Å². The van der Waals surface area contributed by atoms with Gasteiger partial charge in [0.15, 0.2) is 0 Å². The van der Waals surface area contributed by atoms with Crippen LogP contribution in [0, 0.1) is 0 Å². The first-order chi connectivity index (χ1) is 18.8. The van der Waals surface area contributed by atoms with Gasteiger partial charge in [0.25, 0.3) is 0 Å². The zero-order valence-corrected chi connectivity index (χ0v) is 20.9. The van der Waals surface area contributed by atoms with E-state index in [1.54, 1.807) is 0 Å². The smallest absolute Gasteiger partial charge is 0.00206 e. The maximum absolute atomic E-state index is 2.36. The Kier molecular flexibility index (Phi) is 4.62. The fourth-order valence-electron chi connectivity index (χ4n) is 6.27. The monoisotopic (exact) mass is 480 g/mol. The summed E-state index contributed by atoms with van der Waals surface area (Å²) < 4.78 is 0. The molecule has 0 bridgehead atoms. The molecule has 0 fully saturated rings. The molecule has 0 N–H and O–H groups in total. The normalized spacial score (nSPS) is 11.7. The van der Waals surface area contributed by atoms with Gasteiger partial charge < -0.3 is 0 Å². The molecule has 0 unspecified atom stereocenters. The SMILES string of the molecule is c1ccc(-c2c(-c3cccc(-c4ccc5ccc6cccc7ccc4c5c67)c3)ccc3ccccc23)cc1. The molecule has 0 saturated heterocycles. The van der Waals surface area contributed by atoms with Gasteiger partial charge in [-0.05, 0) is 82.5 Å². The molecule has 8 aromatic carbocycles. The maximum Gasteiger partial charge on any atom is -0.00206 e. The van der Waals surface area contributed by atoms with Crippen LogP contribution in [0.4, 0.5) is 0 Å². The summed E-state index contributed by atoms with van der Waals surface area (Å²) >= 11 is 0. The molecule has 0 spiro atoms. The average Bonchev–Trinajstić information content (AvgIpc) is 2.99. The molecule has 0 amide bonds. The first kappa shape index (κ1) is 21.2. The first-order valence-electron chi connectivity index (χ1n) is 13.2. The van der Waals surface area contributed by atoms with Crippen LogP contribution in [0.3, 0.4) is 0 Å². The number of hydrogen-bond donors (Lipinski definition) is 0. The molecular weight excluding hydrogens is 456 g/mol. The summed E-state index contributed by atoms with van der Waals surface area (Å²) in [5.41, 5.74) is 7.54. The summed E-state index contributed by atoms with van der Waals surface area (Å²) in [6.07, 6.45) is 0. The van der Waals surface area contributed by atoms with E-state index in [9.17, 15) is 0 Å². The van der Waals surface area contributed by atoms with Crippen LogP contribution in [-0.4, -0.2) is 0 Å². The lowest BCUT2D eigenvalue weighted by atomic mass is 9.87. The number of benzene rings is 8. The van der Waals surface area contributed by atoms with Gasteiger partial charge >= 0.3 is 0 Å². The second-order valence-electron chi connectivity index (χ2n) is 10.1. The van der Waals surface area contributed by atoms with Gasteiger partial charge in [-0.2, -0.15) is 0 Å². The fourth-order valence-corrected chi connectivity index (χ4v) is 6.27. The minimum atomic E-state index is 1.23. The van der Waals surface area contributed by atoms with Gasteiger partial charge in [0.2, 0.25) is 0 Å². The van der Waals surface area contributed by atoms with Crippen molar-refractivity contribution < 1.29 is 0 Å². The van der Waals surface area contributed by atoms with Crippen LogP contribution in [0.25, 0.3) is 76.5 Å². The van der Waals surface area contributed by atoms with E-state index in [-0.39, 0.29) is 0 Å². The third-order valence-corrected chi connectivity index (χ3v) is 8.00. The topological polar surface area (TPSA) is 0 Å². The maximum atomic E-state index is 2.36. The standard InChI is InChI=1S/C38H24/c1-2-9-26(10-3-1)37-33-15-5-4-8-25(33)18-22-34(37)31-14-7-13-30(24-31)32-21-19-29-17-16-27-11-6-12-28-20-23-35(32)38(29)36(27)28/h1-24H. The van der Waals surface area contributed by atoms with E-state index in [1.807, 2.05) is 0 Å². The Hall–Kier alpha value is -4.94. The molecular formula is C38H24. The zero-order valence-electron chi connectivity index (χ0n) is 20.9. The predicted octanol–water partition coefficient (Wildman–Crippen LogP) is 10.7. The lowest BCUT2D eigenvalue weighted by Gasteiger charge is -2.16. The molecule has 0 heterocycles. The van der Waals surface area contributed by atoms with Crippen molar-refractivity contribution in [1.29, 1.82) is 0 Å². The molecule has 0 saturated carbocycles. The van der Waals surface area contributed by atoms with E-state index in [4.69, 9.17) is 0 Å². The number of fused-ring (bicyclic) bond motifs is 1. The Labute approximate surface area is 221 Å². The summed E-state index contributed by atoms with van der Waals surface area (Å²) in [5.74, 6) is 0. The largest absolute Gasteiger partial charge is 0.0622 e. The van der Waals surface area contributed by atoms with E-state index in [1.165, 1.54) is 76.5 Å². The predicted molar refractivity (Wildman–Crippen MR) is 164 cm³/mol. The van der Waals surface area contributed by atoms with Crippen molar-refractivity contribution in [2.75, 3.05) is 0 Å². The molecule has 0 aliphatic carbocycles. The number of rotatable bonds is 3. The van der Waals surface area contributed by atoms with Crippen molar-refractivity contribution in [3.05, 3.63) is 146 Å². The fraction of sp³-hybridized carbons (Fsp3) is 0. The quantitative estimate of drug-likeness (QED) is 0.221. The van der Waals surface area contributed by atoms with Crippen LogP contribution in [0.5, 0.6) is 0 Å². The Bertz CT molecular complexity index is 2100. The highest BCUT2D eigenvalue weighted by atomic mass is 14.2. The van der Waals surface area contributed by atoms with Crippen molar-refractivity contribution in [2.24, 2.45) is 0 Å². The Balaban J connectivity index is 1.38. The van der Waals surface area contributed by atoms with Gasteiger partial charge in [-0.1, -0.05) is 140 Å². The molecule has 0 aromatic heterocycles. The lowest BCUT2D eigenvalue weighted by molar-refractivity contribution is 1.60. The molecule has 0 aliphatic rings. The third-order valence-electron chi connectivity index (χ3n) is 8.00. The van der Waals surface area contributed by atoms with Crippen LogP contribution < -0.4 is 0 Å². The summed E-state index contributed by atoms with van der Waals surface area (Å²) in [5, 5.41) is 10.5. The highest BCUT2D eigenvalue weighted by Gasteiger charge is 2.15. The molecule has 0 radical (unpaired) electrons. The highest BCUT2D eigenvalue weighted by Crippen LogP contribution is 2.42. The van der Waals surface area contributed by atoms with E-state index in [0.717, 1.165) is 0 Å². The minimum absolute atomic E-state index is 1.23. The second kappa shape index (κ2) is 8.30. The molecule has 0 atom stereocenters. The van der Waals surface area contributed by atoms with Crippen LogP contribution in [0.15, 0.2) is 146 Å². The van der Waals surface area contributed by atoms with Crippen molar-refractivity contribution in [3.8, 4) is 33.4 Å². The van der Waals surface area contributed by atoms with Gasteiger partial charge in [0.05, 0.1) is 0 Å². The van der Waals surface area contributed by atoms with Gasteiger partial charge in [-0.25, -0.2) is 0 Å². The molecule has 8 aromatic rings. The first-order valence-corrected chi connectivity index (χ1v) is 13.2. The van der Waals surface area contributed by atoms with E-state index >= 15 is 0 Å². The summed E-state index contributed by atoms with van der Waals surface area (Å²) in [4.78, 5) is 0. The highest BCUT2D eigenvalue weighted by molar-refractivity contribution is 6.25. The van der Waals surface area contributed by atoms with Crippen molar-refractivity contribution in [2.45, 2.75) is 0 Å². The molecule has 0 heteroatoms. The van der Waals surface area contributed by atoms with Gasteiger partial charge in [0.1, 0.15) is 0 Å². The molecule has 38 heavy (non-hydrogen) atoms. The van der Waals surface area contributed by atoms with Crippen LogP contribution in [0.1, 0.15) is 0 Å². The van der Waals surface area contributed by atoms with E-state index < -0.39 is 0 Å². The third kappa shape index (κ3) is 3.17. The molecule has 0 nitrogen and oxygen atoms in total. The molecule has 0 aliphatic heterocycles. The van der Waals surface area contributed by atoms with Crippen molar-refractivity contribution in [1.82, 2.24) is 0 Å². The Morgan fingerprint density at radius 2 is 0.842 bits per heavy atom. The van der Waals surface area contributed by atoms with E-state index in [2.05, 4.69) is 146 Å². The Morgan fingerprint density at radius 1 is 0.289 bits per heavy atom. The van der Waals surface area contributed by atoms with Crippen molar-refractivity contribution >= 4 is 43.1 Å². The van der Waals surface area contributed by atoms with Gasteiger partial charge in [0, 0.05) is 0 Å². The van der Waals surface area contributed by atoms with Crippen LogP contribution in [-0.2, 0) is 0 Å². The lowest BCUT2D eigenvalue weighted by Crippen LogP contribution is -1.90. The average molecular weight is 481 g/mol. The van der Waals surface area contributed by atoms with Gasteiger partial charge in [-0.15, -0.1) is 0 Å². The second-order valence-corrected chi connectivity index (χ2v) is 10.1.